The minimum absolute atomic E-state index is 0.138. The number of unbranched alkanes of at least 4 members (excludes halogenated alkanes) is 2. The van der Waals surface area contributed by atoms with Gasteiger partial charge in [-0.05, 0) is 31.9 Å². The average molecular weight is 456 g/mol. The number of amides is 4. The number of hydrogen-bond acceptors (Lipinski definition) is 6. The lowest BCUT2D eigenvalue weighted by molar-refractivity contribution is -0.138. The van der Waals surface area contributed by atoms with Gasteiger partial charge in [-0.1, -0.05) is 28.7 Å². The van der Waals surface area contributed by atoms with E-state index in [0.717, 1.165) is 0 Å². The van der Waals surface area contributed by atoms with Crippen molar-refractivity contribution in [2.75, 3.05) is 12.8 Å². The first kappa shape index (κ1) is 24.9. The Kier molecular flexibility index (Phi) is 10.9. The van der Waals surface area contributed by atoms with Crippen LogP contribution in [0.4, 0.5) is 0 Å². The maximum absolute atomic E-state index is 12.4. The van der Waals surface area contributed by atoms with Crippen molar-refractivity contribution < 1.29 is 24.0 Å². The van der Waals surface area contributed by atoms with Crippen LogP contribution >= 0.6 is 20.2 Å². The Morgan fingerprint density at radius 3 is 2.43 bits per heavy atom. The van der Waals surface area contributed by atoms with Gasteiger partial charge in [0, 0.05) is 19.4 Å². The predicted octanol–water partition coefficient (Wildman–Crippen LogP) is 0.971. The lowest BCUT2D eigenvalue weighted by Crippen LogP contribution is -2.52. The van der Waals surface area contributed by atoms with Crippen molar-refractivity contribution in [1.29, 1.82) is 1.28 Å². The number of imide groups is 1. The van der Waals surface area contributed by atoms with E-state index < -0.39 is 31.9 Å². The topological polar surface area (TPSA) is 113 Å². The molecule has 1 saturated heterocycles. The van der Waals surface area contributed by atoms with E-state index in [2.05, 4.69) is 10.6 Å². The van der Waals surface area contributed by atoms with Crippen LogP contribution in [0.15, 0.2) is 0 Å². The summed E-state index contributed by atoms with van der Waals surface area (Å²) in [5.74, 6) is -1.26. The Labute approximate surface area is 186 Å². The van der Waals surface area contributed by atoms with Gasteiger partial charge in [0.25, 0.3) is 0 Å². The Balaban J connectivity index is 2.40. The molecule has 1 aliphatic rings. The number of nitrogens with zero attached hydrogens (tertiary/aromatic N) is 1. The van der Waals surface area contributed by atoms with E-state index in [4.69, 9.17) is 8.84 Å². The summed E-state index contributed by atoms with van der Waals surface area (Å²) in [4.78, 5) is 61.7. The highest BCUT2D eigenvalue weighted by Gasteiger charge is 2.37. The van der Waals surface area contributed by atoms with Crippen molar-refractivity contribution in [1.82, 2.24) is 15.5 Å². The first-order valence-electron chi connectivity index (χ1n) is 10.5. The average Bonchev–Trinajstić information content (AvgIpc) is 2.97. The van der Waals surface area contributed by atoms with E-state index in [1.165, 1.54) is 23.6 Å². The monoisotopic (exact) mass is 456 g/mol. The van der Waals surface area contributed by atoms with E-state index in [1.807, 2.05) is 6.26 Å². The molecule has 30 heavy (non-hydrogen) atoms. The molecule has 0 aromatic rings. The highest BCUT2D eigenvalue weighted by molar-refractivity contribution is 8.00. The molecular weight excluding hydrogens is 424 g/mol. The second-order valence-electron chi connectivity index (χ2n) is 7.61. The molecule has 11 heteroatoms. The molecule has 4 amide bonds. The normalized spacial score (nSPS) is 20.0. The van der Waals surface area contributed by atoms with Crippen molar-refractivity contribution in [2.45, 2.75) is 70.2 Å². The fourth-order valence-corrected chi connectivity index (χ4v) is 3.99. The molecular formula is C19H31BN3O5PS. The molecule has 0 bridgehead atoms. The molecule has 2 N–H and O–H groups in total. The van der Waals surface area contributed by atoms with Crippen LogP contribution < -0.4 is 10.6 Å². The predicted molar refractivity (Wildman–Crippen MR) is 121 cm³/mol. The van der Waals surface area contributed by atoms with E-state index in [9.17, 15) is 24.0 Å². The van der Waals surface area contributed by atoms with Crippen molar-refractivity contribution in [3.8, 4) is 0 Å². The van der Waals surface area contributed by atoms with Gasteiger partial charge in [0.15, 0.2) is 5.52 Å². The largest absolute Gasteiger partial charge is 0.344 e. The van der Waals surface area contributed by atoms with Crippen molar-refractivity contribution in [3.63, 3.8) is 0 Å². The first-order valence-corrected chi connectivity index (χ1v) is 12.3. The molecule has 1 fully saturated rings. The van der Waals surface area contributed by atoms with Gasteiger partial charge >= 0.3 is 0 Å². The summed E-state index contributed by atoms with van der Waals surface area (Å²) >= 11 is 1.38. The van der Waals surface area contributed by atoms with Gasteiger partial charge in [-0.2, -0.15) is 11.8 Å². The maximum atomic E-state index is 12.4. The second-order valence-corrected chi connectivity index (χ2v) is 9.35. The molecule has 1 aliphatic heterocycles. The zero-order valence-electron chi connectivity index (χ0n) is 19.0. The number of rotatable bonds is 13. The smallest absolute Gasteiger partial charge is 0.243 e. The van der Waals surface area contributed by atoms with Gasteiger partial charge in [0.05, 0.1) is 12.6 Å². The Hall–Kier alpha value is -1.41. The number of hydrogen-bond donors (Lipinski definition) is 2. The molecule has 0 aromatic heterocycles. The van der Waals surface area contributed by atoms with Gasteiger partial charge in [0.1, 0.15) is 13.6 Å². The molecule has 166 valence electrons. The van der Waals surface area contributed by atoms with E-state index in [-0.39, 0.29) is 41.7 Å². The number of carbonyl (C=O) groups is 5. The molecule has 1 rings (SSSR count). The molecule has 0 spiro atoms. The fourth-order valence-electron chi connectivity index (χ4n) is 3.06. The van der Waals surface area contributed by atoms with Crippen LogP contribution in [-0.2, 0) is 24.0 Å². The minimum atomic E-state index is -2.05. The summed E-state index contributed by atoms with van der Waals surface area (Å²) in [6.07, 6.45) is 4.12. The van der Waals surface area contributed by atoms with Crippen LogP contribution in [0.5, 0.6) is 0 Å². The van der Waals surface area contributed by atoms with Gasteiger partial charge in [-0.25, -0.2) is 0 Å². The lowest BCUT2D eigenvalue weighted by Gasteiger charge is -2.23. The van der Waals surface area contributed by atoms with Crippen LogP contribution in [0.2, 0.25) is 0 Å². The fraction of sp³-hybridized carbons (Fsp3) is 0.737. The molecule has 1 heterocycles. The van der Waals surface area contributed by atoms with Crippen LogP contribution in [0.1, 0.15) is 52.9 Å². The molecule has 4 atom stereocenters. The SMILES string of the molecule is [2H]P([B])C(=O)C(C)NC(=O)[C@@H](NC(=O)CCCCCN1C(=O)CC(SC)C1=O)C(C)C. The summed E-state index contributed by atoms with van der Waals surface area (Å²) in [7, 11) is 3.25. The zero-order valence-corrected chi connectivity index (χ0v) is 19.7. The third-order valence-electron chi connectivity index (χ3n) is 4.89. The molecule has 0 aliphatic carbocycles. The van der Waals surface area contributed by atoms with Gasteiger partial charge < -0.3 is 10.6 Å². The quantitative estimate of drug-likeness (QED) is 0.185. The Morgan fingerprint density at radius 2 is 1.90 bits per heavy atom. The highest BCUT2D eigenvalue weighted by atomic mass is 32.2. The summed E-state index contributed by atoms with van der Waals surface area (Å²) in [6.45, 7) is 5.39. The highest BCUT2D eigenvalue weighted by Crippen LogP contribution is 2.23. The summed E-state index contributed by atoms with van der Waals surface area (Å²) in [5, 5.41) is 4.92. The summed E-state index contributed by atoms with van der Waals surface area (Å²) < 4.78 is 7.30. The van der Waals surface area contributed by atoms with E-state index in [0.29, 0.717) is 25.8 Å². The first-order chi connectivity index (χ1) is 14.5. The van der Waals surface area contributed by atoms with Crippen LogP contribution in [0.3, 0.4) is 0 Å². The van der Waals surface area contributed by atoms with Gasteiger partial charge in [0.2, 0.25) is 23.6 Å². The Bertz CT molecular complexity index is 697. The van der Waals surface area contributed by atoms with Crippen LogP contribution in [-0.4, -0.2) is 73.0 Å². The molecule has 0 aromatic carbocycles. The third-order valence-corrected chi connectivity index (χ3v) is 6.47. The van der Waals surface area contributed by atoms with Crippen molar-refractivity contribution in [3.05, 3.63) is 0 Å². The van der Waals surface area contributed by atoms with Gasteiger partial charge in [-0.15, -0.1) is 0 Å². The molecule has 0 saturated carbocycles. The minimum Gasteiger partial charge on any atom is -0.344 e. The molecule has 3 unspecified atom stereocenters. The molecule has 2 radical (unpaired) electrons. The number of thioether (sulfide) groups is 1. The zero-order chi connectivity index (χ0) is 23.7. The third kappa shape index (κ3) is 8.02. The lowest BCUT2D eigenvalue weighted by atomic mass is 10.0. The van der Waals surface area contributed by atoms with Crippen LogP contribution in [0.25, 0.3) is 0 Å². The number of carbonyl (C=O) groups excluding carboxylic acids is 5. The van der Waals surface area contributed by atoms with Crippen molar-refractivity contribution >= 4 is 56.9 Å². The van der Waals surface area contributed by atoms with Gasteiger partial charge in [-0.3, -0.25) is 28.9 Å². The van der Waals surface area contributed by atoms with E-state index >= 15 is 0 Å². The summed E-state index contributed by atoms with van der Waals surface area (Å²) in [5.41, 5.74) is -0.545. The second kappa shape index (κ2) is 13.1. The number of likely N-dealkylation sites (tertiary alicyclic amines) is 1. The molecule has 8 nitrogen and oxygen atoms in total. The Morgan fingerprint density at radius 1 is 1.23 bits per heavy atom. The van der Waals surface area contributed by atoms with E-state index in [1.54, 1.807) is 13.8 Å². The van der Waals surface area contributed by atoms with Crippen molar-refractivity contribution in [2.24, 2.45) is 5.92 Å². The standard InChI is InChI=1S/C19H31BN3O5PS/c1-11(2)16(17(26)21-12(3)19(28)29-20)22-14(24)8-6-5-7-9-23-15(25)10-13(30-4)18(23)27/h11-13,16,29H,5-10H2,1-4H3,(H,21,26)(H,22,24)/t12?,13?,16-,29?/m0/s1/i29D. The maximum Gasteiger partial charge on any atom is 0.243 e. The van der Waals surface area contributed by atoms with Crippen LogP contribution in [0, 0.1) is 5.92 Å². The summed E-state index contributed by atoms with van der Waals surface area (Å²) in [6, 6.07) is -1.69. The number of nitrogens with one attached hydrogen (secondary N) is 2.